The van der Waals surface area contributed by atoms with Crippen LogP contribution in [0.3, 0.4) is 0 Å². The minimum absolute atomic E-state index is 0.0421. The van der Waals surface area contributed by atoms with E-state index in [9.17, 15) is 4.79 Å². The van der Waals surface area contributed by atoms with Crippen LogP contribution in [0.15, 0.2) is 61.2 Å². The van der Waals surface area contributed by atoms with Gasteiger partial charge in [-0.1, -0.05) is 30.3 Å². The highest BCUT2D eigenvalue weighted by Gasteiger charge is 2.19. The lowest BCUT2D eigenvalue weighted by atomic mass is 10.0. The number of anilines is 1. The molecule has 4 rings (SSSR count). The number of benzene rings is 2. The lowest BCUT2D eigenvalue weighted by Gasteiger charge is -2.34. The van der Waals surface area contributed by atoms with E-state index < -0.39 is 0 Å². The van der Waals surface area contributed by atoms with Crippen molar-refractivity contribution in [1.29, 1.82) is 0 Å². The van der Waals surface area contributed by atoms with E-state index in [-0.39, 0.29) is 5.91 Å². The number of nitrogens with zero attached hydrogens (tertiary/aromatic N) is 4. The minimum atomic E-state index is 0.0421. The molecule has 0 radical (unpaired) electrons. The molecular weight excluding hydrogens is 428 g/mol. The van der Waals surface area contributed by atoms with Gasteiger partial charge in [-0.3, -0.25) is 9.48 Å². The van der Waals surface area contributed by atoms with Crippen molar-refractivity contribution >= 4 is 11.6 Å². The van der Waals surface area contributed by atoms with Gasteiger partial charge in [-0.15, -0.1) is 0 Å². The molecule has 0 bridgehead atoms. The summed E-state index contributed by atoms with van der Waals surface area (Å²) in [7, 11) is 1.67. The maximum atomic E-state index is 12.4. The molecule has 3 aromatic rings. The molecule has 0 spiro atoms. The van der Waals surface area contributed by atoms with Crippen molar-refractivity contribution in [2.45, 2.75) is 38.3 Å². The van der Waals surface area contributed by atoms with Crippen LogP contribution in [0.1, 0.15) is 24.0 Å². The first kappa shape index (κ1) is 23.8. The van der Waals surface area contributed by atoms with Crippen LogP contribution in [-0.2, 0) is 24.2 Å². The molecule has 8 heteroatoms. The quantitative estimate of drug-likeness (QED) is 0.455. The number of carbonyl (C=O) groups is 1. The summed E-state index contributed by atoms with van der Waals surface area (Å²) in [5.41, 5.74) is 3.36. The highest BCUT2D eigenvalue weighted by Crippen LogP contribution is 2.21. The Bertz CT molecular complexity index is 1010. The topological polar surface area (TPSA) is 84.3 Å². The molecule has 180 valence electrons. The SMILES string of the molecule is COc1ccccc1CCNC(=O)Cc1ccc(N2CCC(NCCn3cncn3)CC2)cc1. The maximum absolute atomic E-state index is 12.4. The van der Waals surface area contributed by atoms with E-state index in [0.29, 0.717) is 19.0 Å². The molecule has 2 N–H and O–H groups in total. The number of piperidine rings is 1. The summed E-state index contributed by atoms with van der Waals surface area (Å²) in [4.78, 5) is 18.8. The van der Waals surface area contributed by atoms with Crippen molar-refractivity contribution in [3.05, 3.63) is 72.3 Å². The van der Waals surface area contributed by atoms with Crippen molar-refractivity contribution in [1.82, 2.24) is 25.4 Å². The smallest absolute Gasteiger partial charge is 0.224 e. The van der Waals surface area contributed by atoms with E-state index >= 15 is 0 Å². The average molecular weight is 463 g/mol. The number of hydrogen-bond donors (Lipinski definition) is 2. The Morgan fingerprint density at radius 3 is 2.62 bits per heavy atom. The molecule has 2 aromatic carbocycles. The molecule has 0 saturated carbocycles. The van der Waals surface area contributed by atoms with Gasteiger partial charge in [-0.2, -0.15) is 5.10 Å². The molecule has 1 saturated heterocycles. The second kappa shape index (κ2) is 12.2. The standard InChI is InChI=1S/C26H34N6O2/c1-34-25-5-3-2-4-22(25)10-13-29-26(33)18-21-6-8-24(9-7-21)31-15-11-23(12-16-31)28-14-17-32-20-27-19-30-32/h2-9,19-20,23,28H,10-18H2,1H3,(H,29,33). The molecule has 0 unspecified atom stereocenters. The first-order chi connectivity index (χ1) is 16.7. The molecule has 1 aliphatic heterocycles. The van der Waals surface area contributed by atoms with Crippen molar-refractivity contribution in [2.24, 2.45) is 0 Å². The normalized spacial score (nSPS) is 14.2. The molecule has 0 atom stereocenters. The van der Waals surface area contributed by atoms with Gasteiger partial charge in [0, 0.05) is 37.9 Å². The first-order valence-electron chi connectivity index (χ1n) is 12.0. The molecule has 1 amide bonds. The second-order valence-electron chi connectivity index (χ2n) is 8.63. The number of aromatic nitrogens is 3. The van der Waals surface area contributed by atoms with E-state index in [1.54, 1.807) is 19.8 Å². The van der Waals surface area contributed by atoms with Gasteiger partial charge in [0.1, 0.15) is 18.4 Å². The average Bonchev–Trinajstić information content (AvgIpc) is 3.39. The molecule has 1 aromatic heterocycles. The Labute approximate surface area is 201 Å². The second-order valence-corrected chi connectivity index (χ2v) is 8.63. The van der Waals surface area contributed by atoms with Crippen LogP contribution in [-0.4, -0.2) is 60.0 Å². The fraction of sp³-hybridized carbons (Fsp3) is 0.423. The molecular formula is C26H34N6O2. The molecule has 1 fully saturated rings. The molecule has 1 aliphatic rings. The predicted octanol–water partition coefficient (Wildman–Crippen LogP) is 2.45. The number of hydrogen-bond acceptors (Lipinski definition) is 6. The van der Waals surface area contributed by atoms with E-state index in [2.05, 4.69) is 49.9 Å². The summed E-state index contributed by atoms with van der Waals surface area (Å²) in [6, 6.07) is 16.9. The number of methoxy groups -OCH3 is 1. The van der Waals surface area contributed by atoms with Gasteiger partial charge in [0.25, 0.3) is 0 Å². The predicted molar refractivity (Wildman–Crippen MR) is 133 cm³/mol. The van der Waals surface area contributed by atoms with Crippen LogP contribution in [0.4, 0.5) is 5.69 Å². The zero-order valence-electron chi connectivity index (χ0n) is 19.8. The number of nitrogens with one attached hydrogen (secondary N) is 2. The van der Waals surface area contributed by atoms with Crippen LogP contribution in [0.5, 0.6) is 5.75 Å². The van der Waals surface area contributed by atoms with E-state index in [1.165, 1.54) is 5.69 Å². The van der Waals surface area contributed by atoms with Crippen LogP contribution in [0.2, 0.25) is 0 Å². The molecule has 34 heavy (non-hydrogen) atoms. The van der Waals surface area contributed by atoms with E-state index in [1.807, 2.05) is 28.9 Å². The van der Waals surface area contributed by atoms with Gasteiger partial charge in [-0.05, 0) is 48.6 Å². The number of para-hydroxylation sites is 1. The first-order valence-corrected chi connectivity index (χ1v) is 12.0. The minimum Gasteiger partial charge on any atom is -0.496 e. The third-order valence-electron chi connectivity index (χ3n) is 6.31. The van der Waals surface area contributed by atoms with Crippen molar-refractivity contribution in [2.75, 3.05) is 38.2 Å². The fourth-order valence-electron chi connectivity index (χ4n) is 4.39. The number of amides is 1. The lowest BCUT2D eigenvalue weighted by Crippen LogP contribution is -2.43. The van der Waals surface area contributed by atoms with Crippen LogP contribution >= 0.6 is 0 Å². The molecule has 2 heterocycles. The summed E-state index contributed by atoms with van der Waals surface area (Å²) in [6.07, 6.45) is 6.70. The number of ether oxygens (including phenoxy) is 1. The highest BCUT2D eigenvalue weighted by atomic mass is 16.5. The monoisotopic (exact) mass is 462 g/mol. The van der Waals surface area contributed by atoms with Gasteiger partial charge in [-0.25, -0.2) is 4.98 Å². The van der Waals surface area contributed by atoms with Crippen LogP contribution < -0.4 is 20.3 Å². The Kier molecular flexibility index (Phi) is 8.51. The fourth-order valence-corrected chi connectivity index (χ4v) is 4.39. The van der Waals surface area contributed by atoms with Crippen molar-refractivity contribution in [3.8, 4) is 5.75 Å². The molecule has 8 nitrogen and oxygen atoms in total. The summed E-state index contributed by atoms with van der Waals surface area (Å²) in [6.45, 7) is 4.41. The van der Waals surface area contributed by atoms with Gasteiger partial charge in [0.15, 0.2) is 0 Å². The Morgan fingerprint density at radius 2 is 1.88 bits per heavy atom. The van der Waals surface area contributed by atoms with Gasteiger partial charge < -0.3 is 20.3 Å². The zero-order valence-corrected chi connectivity index (χ0v) is 19.8. The van der Waals surface area contributed by atoms with Gasteiger partial charge in [0.05, 0.1) is 20.1 Å². The van der Waals surface area contributed by atoms with E-state index in [4.69, 9.17) is 4.74 Å². The van der Waals surface area contributed by atoms with E-state index in [0.717, 1.165) is 62.3 Å². The third kappa shape index (κ3) is 6.81. The van der Waals surface area contributed by atoms with Crippen molar-refractivity contribution < 1.29 is 9.53 Å². The van der Waals surface area contributed by atoms with Gasteiger partial charge >= 0.3 is 0 Å². The zero-order chi connectivity index (χ0) is 23.6. The van der Waals surface area contributed by atoms with Crippen molar-refractivity contribution in [3.63, 3.8) is 0 Å². The Balaban J connectivity index is 1.16. The van der Waals surface area contributed by atoms with Crippen LogP contribution in [0, 0.1) is 0 Å². The summed E-state index contributed by atoms with van der Waals surface area (Å²) in [5, 5.41) is 10.8. The highest BCUT2D eigenvalue weighted by molar-refractivity contribution is 5.78. The Hall–Kier alpha value is -3.39. The van der Waals surface area contributed by atoms with Gasteiger partial charge in [0.2, 0.25) is 5.91 Å². The number of rotatable bonds is 11. The summed E-state index contributed by atoms with van der Waals surface area (Å²) in [5.74, 6) is 0.902. The molecule has 0 aliphatic carbocycles. The number of carbonyl (C=O) groups excluding carboxylic acids is 1. The summed E-state index contributed by atoms with van der Waals surface area (Å²) < 4.78 is 7.22. The largest absolute Gasteiger partial charge is 0.496 e. The Morgan fingerprint density at radius 1 is 1.09 bits per heavy atom. The third-order valence-corrected chi connectivity index (χ3v) is 6.31. The van der Waals surface area contributed by atoms with Crippen LogP contribution in [0.25, 0.3) is 0 Å². The lowest BCUT2D eigenvalue weighted by molar-refractivity contribution is -0.120. The summed E-state index contributed by atoms with van der Waals surface area (Å²) >= 11 is 0. The maximum Gasteiger partial charge on any atom is 0.224 e.